The highest BCUT2D eigenvalue weighted by atomic mass is 16.2. The van der Waals surface area contributed by atoms with Crippen molar-refractivity contribution in [3.05, 3.63) is 78.1 Å². The Morgan fingerprint density at radius 1 is 1.18 bits per heavy atom. The van der Waals surface area contributed by atoms with Gasteiger partial charge in [0.2, 0.25) is 5.91 Å². The number of rotatable bonds is 6. The first-order chi connectivity index (χ1) is 18.8. The number of benzene rings is 2. The quantitative estimate of drug-likeness (QED) is 0.339. The first-order valence-corrected chi connectivity index (χ1v) is 13.2. The second kappa shape index (κ2) is 10.7. The fraction of sp³-hybridized carbons (Fsp3) is 0.300. The van der Waals surface area contributed by atoms with Gasteiger partial charge in [-0.05, 0) is 67.2 Å². The van der Waals surface area contributed by atoms with Gasteiger partial charge in [-0.25, -0.2) is 14.6 Å². The number of nitrogens with two attached hydrogens (primary N) is 1. The van der Waals surface area contributed by atoms with Gasteiger partial charge in [-0.3, -0.25) is 9.59 Å². The SMILES string of the molecule is C=CC(=O)N1CCCC(n2nc(-c3cccc(C(=O)Nc4ccc(C(C)C)c(C)c4)c3)c3c(N)ncnc32)C1. The molecule has 1 aliphatic heterocycles. The number of aromatic nitrogens is 4. The molecule has 0 saturated carbocycles. The third-order valence-corrected chi connectivity index (χ3v) is 7.29. The lowest BCUT2D eigenvalue weighted by Crippen LogP contribution is -2.40. The van der Waals surface area contributed by atoms with Crippen LogP contribution in [0.2, 0.25) is 0 Å². The maximum Gasteiger partial charge on any atom is 0.255 e. The maximum atomic E-state index is 13.2. The van der Waals surface area contributed by atoms with Crippen LogP contribution < -0.4 is 11.1 Å². The van der Waals surface area contributed by atoms with E-state index in [0.29, 0.717) is 47.1 Å². The lowest BCUT2D eigenvalue weighted by Gasteiger charge is -2.32. The number of nitrogens with zero attached hydrogens (tertiary/aromatic N) is 5. The number of carbonyl (C=O) groups is 2. The van der Waals surface area contributed by atoms with Crippen molar-refractivity contribution in [2.45, 2.75) is 45.6 Å². The van der Waals surface area contributed by atoms with Crippen LogP contribution in [0.5, 0.6) is 0 Å². The van der Waals surface area contributed by atoms with Crippen LogP contribution in [-0.2, 0) is 4.79 Å². The number of amides is 2. The first kappa shape index (κ1) is 26.1. The monoisotopic (exact) mass is 523 g/mol. The van der Waals surface area contributed by atoms with Crippen molar-refractivity contribution in [2.75, 3.05) is 24.1 Å². The number of likely N-dealkylation sites (tertiary alicyclic amines) is 1. The van der Waals surface area contributed by atoms with Crippen LogP contribution in [0.25, 0.3) is 22.3 Å². The lowest BCUT2D eigenvalue weighted by molar-refractivity contribution is -0.127. The van der Waals surface area contributed by atoms with E-state index in [-0.39, 0.29) is 17.9 Å². The molecule has 9 nitrogen and oxygen atoms in total. The van der Waals surface area contributed by atoms with Gasteiger partial charge in [0.15, 0.2) is 5.65 Å². The molecule has 4 aromatic rings. The normalized spacial score (nSPS) is 15.5. The van der Waals surface area contributed by atoms with Crippen LogP contribution in [0.15, 0.2) is 61.4 Å². The lowest BCUT2D eigenvalue weighted by atomic mass is 9.97. The van der Waals surface area contributed by atoms with Gasteiger partial charge < -0.3 is 16.0 Å². The Balaban J connectivity index is 1.48. The summed E-state index contributed by atoms with van der Waals surface area (Å²) in [7, 11) is 0. The number of carbonyl (C=O) groups excluding carboxylic acids is 2. The van der Waals surface area contributed by atoms with Crippen molar-refractivity contribution < 1.29 is 9.59 Å². The molecule has 1 fully saturated rings. The Hall–Kier alpha value is -4.53. The molecule has 0 spiro atoms. The summed E-state index contributed by atoms with van der Waals surface area (Å²) in [4.78, 5) is 36.0. The predicted molar refractivity (Wildman–Crippen MR) is 153 cm³/mol. The molecule has 1 unspecified atom stereocenters. The molecule has 39 heavy (non-hydrogen) atoms. The van der Waals surface area contributed by atoms with Crippen molar-refractivity contribution in [1.82, 2.24) is 24.6 Å². The average molecular weight is 524 g/mol. The van der Waals surface area contributed by atoms with E-state index in [1.807, 2.05) is 28.9 Å². The summed E-state index contributed by atoms with van der Waals surface area (Å²) in [6, 6.07) is 13.2. The van der Waals surface area contributed by atoms with E-state index in [0.717, 1.165) is 29.7 Å². The molecular weight excluding hydrogens is 490 g/mol. The minimum absolute atomic E-state index is 0.0725. The summed E-state index contributed by atoms with van der Waals surface area (Å²) >= 11 is 0. The second-order valence-corrected chi connectivity index (χ2v) is 10.3. The van der Waals surface area contributed by atoms with E-state index in [1.54, 1.807) is 17.0 Å². The molecule has 2 amide bonds. The predicted octanol–water partition coefficient (Wildman–Crippen LogP) is 5.11. The minimum Gasteiger partial charge on any atom is -0.383 e. The van der Waals surface area contributed by atoms with Crippen molar-refractivity contribution in [1.29, 1.82) is 0 Å². The fourth-order valence-corrected chi connectivity index (χ4v) is 5.35. The summed E-state index contributed by atoms with van der Waals surface area (Å²) in [5.74, 6) is 0.411. The smallest absolute Gasteiger partial charge is 0.255 e. The molecule has 2 aromatic carbocycles. The summed E-state index contributed by atoms with van der Waals surface area (Å²) in [6.45, 7) is 11.2. The Labute approximate surface area is 227 Å². The number of nitrogens with one attached hydrogen (secondary N) is 1. The van der Waals surface area contributed by atoms with Crippen LogP contribution in [-0.4, -0.2) is 49.6 Å². The summed E-state index contributed by atoms with van der Waals surface area (Å²) in [5.41, 5.74) is 11.9. The summed E-state index contributed by atoms with van der Waals surface area (Å²) in [6.07, 6.45) is 4.45. The highest BCUT2D eigenvalue weighted by molar-refractivity contribution is 6.06. The number of anilines is 2. The number of nitrogen functional groups attached to an aromatic ring is 1. The third kappa shape index (κ3) is 5.12. The van der Waals surface area contributed by atoms with Gasteiger partial charge in [-0.1, -0.05) is 38.6 Å². The number of hydrogen-bond donors (Lipinski definition) is 2. The number of aryl methyl sites for hydroxylation is 1. The Bertz CT molecular complexity index is 1570. The molecule has 2 aromatic heterocycles. The zero-order chi connectivity index (χ0) is 27.7. The van der Waals surface area contributed by atoms with Gasteiger partial charge in [-0.2, -0.15) is 5.10 Å². The molecule has 9 heteroatoms. The molecule has 1 saturated heterocycles. The molecular formula is C30H33N7O2. The first-order valence-electron chi connectivity index (χ1n) is 13.2. The zero-order valence-electron chi connectivity index (χ0n) is 22.5. The molecule has 0 aliphatic carbocycles. The van der Waals surface area contributed by atoms with E-state index < -0.39 is 0 Å². The standard InChI is InChI=1S/C30H33N7O2/c1-5-25(38)36-13-7-10-23(16-36)37-29-26(28(31)32-17-33-29)27(35-37)20-8-6-9-21(15-20)30(39)34-22-11-12-24(18(2)3)19(4)14-22/h5-6,8-9,11-12,14-15,17-18,23H,1,7,10,13,16H2,2-4H3,(H,34,39)(H2,31,32,33). The van der Waals surface area contributed by atoms with Crippen molar-refractivity contribution in [3.8, 4) is 11.3 Å². The Kier molecular flexibility index (Phi) is 7.15. The van der Waals surface area contributed by atoms with Crippen molar-refractivity contribution in [2.24, 2.45) is 0 Å². The highest BCUT2D eigenvalue weighted by Gasteiger charge is 2.28. The molecule has 200 valence electrons. The zero-order valence-corrected chi connectivity index (χ0v) is 22.5. The maximum absolute atomic E-state index is 13.2. The average Bonchev–Trinajstić information content (AvgIpc) is 3.34. The van der Waals surface area contributed by atoms with Gasteiger partial charge in [0.1, 0.15) is 17.8 Å². The molecule has 1 aliphatic rings. The van der Waals surface area contributed by atoms with Gasteiger partial charge in [0.25, 0.3) is 5.91 Å². The Morgan fingerprint density at radius 2 is 2.00 bits per heavy atom. The van der Waals surface area contributed by atoms with E-state index >= 15 is 0 Å². The van der Waals surface area contributed by atoms with Crippen molar-refractivity contribution >= 4 is 34.4 Å². The second-order valence-electron chi connectivity index (χ2n) is 10.3. The number of hydrogen-bond acceptors (Lipinski definition) is 6. The largest absolute Gasteiger partial charge is 0.383 e. The Morgan fingerprint density at radius 3 is 2.74 bits per heavy atom. The number of fused-ring (bicyclic) bond motifs is 1. The van der Waals surface area contributed by atoms with Gasteiger partial charge in [0, 0.05) is 29.9 Å². The van der Waals surface area contributed by atoms with E-state index in [4.69, 9.17) is 10.8 Å². The third-order valence-electron chi connectivity index (χ3n) is 7.29. The molecule has 3 heterocycles. The van der Waals surface area contributed by atoms with Gasteiger partial charge >= 0.3 is 0 Å². The van der Waals surface area contributed by atoms with Crippen LogP contribution in [0.3, 0.4) is 0 Å². The molecule has 1 atom stereocenters. The van der Waals surface area contributed by atoms with Gasteiger partial charge in [0.05, 0.1) is 11.4 Å². The van der Waals surface area contributed by atoms with Crippen LogP contribution in [0.4, 0.5) is 11.5 Å². The van der Waals surface area contributed by atoms with Crippen LogP contribution in [0, 0.1) is 6.92 Å². The van der Waals surface area contributed by atoms with E-state index in [1.165, 1.54) is 18.0 Å². The minimum atomic E-state index is -0.215. The summed E-state index contributed by atoms with van der Waals surface area (Å²) in [5, 5.41) is 8.56. The molecule has 5 rings (SSSR count). The topological polar surface area (TPSA) is 119 Å². The highest BCUT2D eigenvalue weighted by Crippen LogP contribution is 2.34. The van der Waals surface area contributed by atoms with E-state index in [2.05, 4.69) is 48.7 Å². The fourth-order valence-electron chi connectivity index (χ4n) is 5.35. The van der Waals surface area contributed by atoms with Gasteiger partial charge in [-0.15, -0.1) is 0 Å². The molecule has 3 N–H and O–H groups in total. The molecule has 0 bridgehead atoms. The van der Waals surface area contributed by atoms with Crippen molar-refractivity contribution in [3.63, 3.8) is 0 Å². The van der Waals surface area contributed by atoms with E-state index in [9.17, 15) is 9.59 Å². The van der Waals surface area contributed by atoms with Crippen LogP contribution in [0.1, 0.15) is 60.1 Å². The van der Waals surface area contributed by atoms with Crippen LogP contribution >= 0.6 is 0 Å². The number of piperidine rings is 1. The molecule has 0 radical (unpaired) electrons. The summed E-state index contributed by atoms with van der Waals surface area (Å²) < 4.78 is 1.84.